The van der Waals surface area contributed by atoms with Crippen LogP contribution >= 0.6 is 0 Å². The van der Waals surface area contributed by atoms with Crippen molar-refractivity contribution in [1.29, 1.82) is 0 Å². The summed E-state index contributed by atoms with van der Waals surface area (Å²) >= 11 is 0. The summed E-state index contributed by atoms with van der Waals surface area (Å²) in [6, 6.07) is 13.2. The lowest BCUT2D eigenvalue weighted by Crippen LogP contribution is -2.29. The zero-order valence-corrected chi connectivity index (χ0v) is 14.0. The normalized spacial score (nSPS) is 10.6. The molecule has 128 valence electrons. The van der Waals surface area contributed by atoms with E-state index in [4.69, 9.17) is 0 Å². The highest BCUT2D eigenvalue weighted by atomic mass is 16.2. The molecule has 0 aliphatic carbocycles. The minimum absolute atomic E-state index is 0.195. The number of rotatable bonds is 6. The van der Waals surface area contributed by atoms with E-state index in [-0.39, 0.29) is 18.2 Å². The molecule has 3 aromatic rings. The van der Waals surface area contributed by atoms with Gasteiger partial charge in [0.25, 0.3) is 0 Å². The first-order valence-corrected chi connectivity index (χ1v) is 8.16. The Hall–Kier alpha value is -3.15. The molecule has 6 nitrogen and oxygen atoms in total. The molecule has 0 aliphatic heterocycles. The molecule has 25 heavy (non-hydrogen) atoms. The molecule has 6 heteroatoms. The average Bonchev–Trinajstić information content (AvgIpc) is 2.99. The van der Waals surface area contributed by atoms with Crippen molar-refractivity contribution in [3.8, 4) is 0 Å². The SMILES string of the molecule is Cc1ccc(NC(=O)CC(=O)NCCc2cn3ccccc3n2)cc1. The maximum Gasteiger partial charge on any atom is 0.233 e. The zero-order chi connectivity index (χ0) is 17.6. The molecular formula is C19H20N4O2. The number of anilines is 1. The number of aryl methyl sites for hydroxylation is 1. The van der Waals surface area contributed by atoms with Gasteiger partial charge in [-0.15, -0.1) is 0 Å². The molecule has 2 aromatic heterocycles. The third-order valence-corrected chi connectivity index (χ3v) is 3.77. The van der Waals surface area contributed by atoms with Gasteiger partial charge in [0.2, 0.25) is 11.8 Å². The van der Waals surface area contributed by atoms with Gasteiger partial charge in [0.05, 0.1) is 5.69 Å². The Morgan fingerprint density at radius 2 is 1.88 bits per heavy atom. The number of carbonyl (C=O) groups is 2. The lowest BCUT2D eigenvalue weighted by atomic mass is 10.2. The van der Waals surface area contributed by atoms with Crippen LogP contribution in [-0.2, 0) is 16.0 Å². The Balaban J connectivity index is 1.42. The van der Waals surface area contributed by atoms with E-state index in [1.165, 1.54) is 0 Å². The molecule has 2 amide bonds. The third-order valence-electron chi connectivity index (χ3n) is 3.77. The lowest BCUT2D eigenvalue weighted by molar-refractivity contribution is -0.126. The highest BCUT2D eigenvalue weighted by Gasteiger charge is 2.09. The number of hydrogen-bond donors (Lipinski definition) is 2. The van der Waals surface area contributed by atoms with Crippen LogP contribution in [0.5, 0.6) is 0 Å². The molecule has 3 rings (SSSR count). The van der Waals surface area contributed by atoms with E-state index >= 15 is 0 Å². The lowest BCUT2D eigenvalue weighted by Gasteiger charge is -2.06. The van der Waals surface area contributed by atoms with Crippen molar-refractivity contribution >= 4 is 23.1 Å². The number of fused-ring (bicyclic) bond motifs is 1. The summed E-state index contributed by atoms with van der Waals surface area (Å²) in [5.74, 6) is -0.623. The molecule has 0 unspecified atom stereocenters. The number of pyridine rings is 1. The van der Waals surface area contributed by atoms with Gasteiger partial charge in [-0.05, 0) is 31.2 Å². The summed E-state index contributed by atoms with van der Waals surface area (Å²) in [7, 11) is 0. The molecule has 0 radical (unpaired) electrons. The third kappa shape index (κ3) is 4.67. The van der Waals surface area contributed by atoms with Crippen LogP contribution in [0.4, 0.5) is 5.69 Å². The molecule has 0 saturated carbocycles. The maximum atomic E-state index is 11.9. The Bertz CT molecular complexity index is 851. The van der Waals surface area contributed by atoms with Crippen LogP contribution in [-0.4, -0.2) is 27.7 Å². The van der Waals surface area contributed by atoms with Crippen molar-refractivity contribution in [3.05, 3.63) is 66.1 Å². The van der Waals surface area contributed by atoms with E-state index in [9.17, 15) is 9.59 Å². The van der Waals surface area contributed by atoms with Gasteiger partial charge in [0.15, 0.2) is 0 Å². The average molecular weight is 336 g/mol. The summed E-state index contributed by atoms with van der Waals surface area (Å²) in [5.41, 5.74) is 3.58. The molecule has 1 aromatic carbocycles. The second-order valence-electron chi connectivity index (χ2n) is 5.89. The Kier molecular flexibility index (Phi) is 5.09. The van der Waals surface area contributed by atoms with Gasteiger partial charge in [-0.25, -0.2) is 4.98 Å². The molecule has 0 atom stereocenters. The largest absolute Gasteiger partial charge is 0.355 e. The van der Waals surface area contributed by atoms with Crippen molar-refractivity contribution in [3.63, 3.8) is 0 Å². The second-order valence-corrected chi connectivity index (χ2v) is 5.89. The van der Waals surface area contributed by atoms with Crippen molar-refractivity contribution < 1.29 is 9.59 Å². The topological polar surface area (TPSA) is 75.5 Å². The first-order valence-electron chi connectivity index (χ1n) is 8.16. The quantitative estimate of drug-likeness (QED) is 0.678. The van der Waals surface area contributed by atoms with Crippen molar-refractivity contribution in [1.82, 2.24) is 14.7 Å². The van der Waals surface area contributed by atoms with Gasteiger partial charge in [-0.1, -0.05) is 23.8 Å². The van der Waals surface area contributed by atoms with Gasteiger partial charge in [-0.2, -0.15) is 0 Å². The standard InChI is InChI=1S/C19H20N4O2/c1-14-5-7-15(8-6-14)22-19(25)12-18(24)20-10-9-16-13-23-11-3-2-4-17(23)21-16/h2-8,11,13H,9-10,12H2,1H3,(H,20,24)(H,22,25). The minimum atomic E-state index is -0.325. The fourth-order valence-electron chi connectivity index (χ4n) is 2.49. The van der Waals surface area contributed by atoms with E-state index in [0.29, 0.717) is 18.7 Å². The minimum Gasteiger partial charge on any atom is -0.355 e. The van der Waals surface area contributed by atoms with Gasteiger partial charge in [-0.3, -0.25) is 9.59 Å². The first-order chi connectivity index (χ1) is 12.1. The van der Waals surface area contributed by atoms with Gasteiger partial charge >= 0.3 is 0 Å². The van der Waals surface area contributed by atoms with Crippen LogP contribution < -0.4 is 10.6 Å². The highest BCUT2D eigenvalue weighted by molar-refractivity contribution is 6.03. The summed E-state index contributed by atoms with van der Waals surface area (Å²) < 4.78 is 1.94. The molecule has 0 spiro atoms. The molecule has 0 bridgehead atoms. The van der Waals surface area contributed by atoms with E-state index in [1.807, 2.05) is 66.2 Å². The smallest absolute Gasteiger partial charge is 0.233 e. The molecular weight excluding hydrogens is 316 g/mol. The van der Waals surface area contributed by atoms with E-state index in [1.54, 1.807) is 0 Å². The zero-order valence-electron chi connectivity index (χ0n) is 14.0. The Morgan fingerprint density at radius 3 is 2.64 bits per heavy atom. The number of hydrogen-bond acceptors (Lipinski definition) is 3. The summed E-state index contributed by atoms with van der Waals surface area (Å²) in [4.78, 5) is 28.2. The molecule has 2 heterocycles. The maximum absolute atomic E-state index is 11.9. The Labute approximate surface area is 145 Å². The van der Waals surface area contributed by atoms with Crippen molar-refractivity contribution in [2.75, 3.05) is 11.9 Å². The van der Waals surface area contributed by atoms with Crippen LogP contribution in [0.1, 0.15) is 17.7 Å². The number of nitrogens with one attached hydrogen (secondary N) is 2. The van der Waals surface area contributed by atoms with Crippen molar-refractivity contribution in [2.24, 2.45) is 0 Å². The van der Waals surface area contributed by atoms with Crippen LogP contribution in [0.25, 0.3) is 5.65 Å². The fourth-order valence-corrected chi connectivity index (χ4v) is 2.49. The number of aromatic nitrogens is 2. The number of nitrogens with zero attached hydrogens (tertiary/aromatic N) is 2. The van der Waals surface area contributed by atoms with Gasteiger partial charge < -0.3 is 15.0 Å². The van der Waals surface area contributed by atoms with E-state index in [0.717, 1.165) is 16.9 Å². The van der Waals surface area contributed by atoms with Crippen LogP contribution in [0.3, 0.4) is 0 Å². The molecule has 0 aliphatic rings. The van der Waals surface area contributed by atoms with E-state index < -0.39 is 0 Å². The summed E-state index contributed by atoms with van der Waals surface area (Å²) in [6.45, 7) is 2.42. The predicted octanol–water partition coefficient (Wildman–Crippen LogP) is 2.33. The van der Waals surface area contributed by atoms with Crippen LogP contribution in [0.15, 0.2) is 54.9 Å². The summed E-state index contributed by atoms with van der Waals surface area (Å²) in [6.07, 6.45) is 4.29. The number of benzene rings is 1. The summed E-state index contributed by atoms with van der Waals surface area (Å²) in [5, 5.41) is 5.46. The molecule has 0 fully saturated rings. The number of imidazole rings is 1. The second kappa shape index (κ2) is 7.61. The van der Waals surface area contributed by atoms with Crippen molar-refractivity contribution in [2.45, 2.75) is 19.8 Å². The van der Waals surface area contributed by atoms with Crippen LogP contribution in [0, 0.1) is 6.92 Å². The highest BCUT2D eigenvalue weighted by Crippen LogP contribution is 2.09. The first kappa shape index (κ1) is 16.7. The molecule has 0 saturated heterocycles. The fraction of sp³-hybridized carbons (Fsp3) is 0.211. The molecule has 2 N–H and O–H groups in total. The number of amides is 2. The Morgan fingerprint density at radius 1 is 1.08 bits per heavy atom. The van der Waals surface area contributed by atoms with Gasteiger partial charge in [0, 0.05) is 31.0 Å². The monoisotopic (exact) mass is 336 g/mol. The number of carbonyl (C=O) groups excluding carboxylic acids is 2. The predicted molar refractivity (Wildman–Crippen MR) is 96.3 cm³/mol. The van der Waals surface area contributed by atoms with Gasteiger partial charge in [0.1, 0.15) is 12.1 Å². The van der Waals surface area contributed by atoms with Crippen LogP contribution in [0.2, 0.25) is 0 Å². The van der Waals surface area contributed by atoms with E-state index in [2.05, 4.69) is 15.6 Å².